The summed E-state index contributed by atoms with van der Waals surface area (Å²) >= 11 is 5.58. The summed E-state index contributed by atoms with van der Waals surface area (Å²) in [5.41, 5.74) is 0.287. The number of rotatable bonds is 3. The zero-order valence-electron chi connectivity index (χ0n) is 12.2. The van der Waals surface area contributed by atoms with Gasteiger partial charge in [0.05, 0.1) is 16.6 Å². The fraction of sp³-hybridized carbons (Fsp3) is 0.250. The van der Waals surface area contributed by atoms with Crippen molar-refractivity contribution in [1.29, 1.82) is 0 Å². The maximum Gasteiger partial charge on any atom is 0.434 e. The fourth-order valence-electron chi connectivity index (χ4n) is 2.51. The van der Waals surface area contributed by atoms with Crippen LogP contribution in [0.5, 0.6) is 0 Å². The van der Waals surface area contributed by atoms with Crippen molar-refractivity contribution in [2.75, 3.05) is 18.0 Å². The zero-order valence-corrected chi connectivity index (χ0v) is 13.0. The number of benzene rings is 1. The molecular weight excluding hydrogens is 345 g/mol. The van der Waals surface area contributed by atoms with E-state index in [0.717, 1.165) is 5.69 Å². The van der Waals surface area contributed by atoms with Crippen LogP contribution in [0.15, 0.2) is 36.4 Å². The van der Waals surface area contributed by atoms with Crippen LogP contribution in [-0.4, -0.2) is 29.1 Å². The second kappa shape index (κ2) is 5.98. The van der Waals surface area contributed by atoms with Gasteiger partial charge < -0.3 is 10.0 Å². The predicted molar refractivity (Wildman–Crippen MR) is 83.0 cm³/mol. The highest BCUT2D eigenvalue weighted by Crippen LogP contribution is 2.35. The number of halogens is 4. The number of aliphatic carboxylic acids is 1. The number of alkyl halides is 3. The first-order valence-electron chi connectivity index (χ1n) is 7.07. The molecular formula is C16H12ClF3N2O2. The Morgan fingerprint density at radius 3 is 2.58 bits per heavy atom. The van der Waals surface area contributed by atoms with Crippen LogP contribution >= 0.6 is 11.6 Å². The molecule has 24 heavy (non-hydrogen) atoms. The number of hydrogen-bond acceptors (Lipinski definition) is 3. The van der Waals surface area contributed by atoms with Gasteiger partial charge >= 0.3 is 12.1 Å². The van der Waals surface area contributed by atoms with Gasteiger partial charge in [0, 0.05) is 24.3 Å². The Morgan fingerprint density at radius 1 is 1.25 bits per heavy atom. The van der Waals surface area contributed by atoms with E-state index in [1.165, 1.54) is 12.1 Å². The quantitative estimate of drug-likeness (QED) is 0.905. The number of anilines is 1. The zero-order chi connectivity index (χ0) is 17.5. The molecule has 1 N–H and O–H groups in total. The molecule has 2 heterocycles. The van der Waals surface area contributed by atoms with E-state index in [1.54, 1.807) is 24.3 Å². The summed E-state index contributed by atoms with van der Waals surface area (Å²) in [6.45, 7) is 0.751. The van der Waals surface area contributed by atoms with E-state index in [9.17, 15) is 18.0 Å². The van der Waals surface area contributed by atoms with Gasteiger partial charge in [0.2, 0.25) is 0 Å². The minimum atomic E-state index is -4.63. The Hall–Kier alpha value is -2.28. The Bertz CT molecular complexity index is 789. The van der Waals surface area contributed by atoms with E-state index >= 15 is 0 Å². The van der Waals surface area contributed by atoms with E-state index in [-0.39, 0.29) is 5.69 Å². The largest absolute Gasteiger partial charge is 0.481 e. The van der Waals surface area contributed by atoms with Crippen molar-refractivity contribution in [2.45, 2.75) is 6.18 Å². The second-order valence-electron chi connectivity index (χ2n) is 5.52. The Morgan fingerprint density at radius 2 is 1.96 bits per heavy atom. The van der Waals surface area contributed by atoms with Crippen molar-refractivity contribution in [2.24, 2.45) is 5.92 Å². The van der Waals surface area contributed by atoms with Crippen LogP contribution in [0.2, 0.25) is 5.02 Å². The first kappa shape index (κ1) is 16.6. The maximum absolute atomic E-state index is 12.9. The van der Waals surface area contributed by atoms with Crippen molar-refractivity contribution in [1.82, 2.24) is 4.98 Å². The Balaban J connectivity index is 1.89. The highest BCUT2D eigenvalue weighted by molar-refractivity contribution is 6.31. The number of aromatic nitrogens is 1. The molecule has 8 heteroatoms. The number of hydrogen-bond donors (Lipinski definition) is 1. The van der Waals surface area contributed by atoms with E-state index in [0.29, 0.717) is 18.7 Å². The molecule has 0 radical (unpaired) electrons. The molecule has 0 atom stereocenters. The summed E-state index contributed by atoms with van der Waals surface area (Å²) < 4.78 is 38.8. The van der Waals surface area contributed by atoms with Crippen LogP contribution in [0, 0.1) is 5.92 Å². The van der Waals surface area contributed by atoms with E-state index in [4.69, 9.17) is 16.7 Å². The van der Waals surface area contributed by atoms with Crippen molar-refractivity contribution < 1.29 is 23.1 Å². The highest BCUT2D eigenvalue weighted by atomic mass is 35.5. The summed E-state index contributed by atoms with van der Waals surface area (Å²) in [5, 5.41) is 8.46. The maximum atomic E-state index is 12.9. The fourth-order valence-corrected chi connectivity index (χ4v) is 2.72. The third-order valence-corrected chi connectivity index (χ3v) is 4.16. The molecule has 1 aliphatic rings. The predicted octanol–water partition coefficient (Wildman–Crippen LogP) is 3.94. The van der Waals surface area contributed by atoms with Gasteiger partial charge in [0.15, 0.2) is 5.69 Å². The molecule has 0 unspecified atom stereocenters. The third-order valence-electron chi connectivity index (χ3n) is 3.85. The minimum Gasteiger partial charge on any atom is -0.481 e. The normalized spacial score (nSPS) is 15.2. The first-order chi connectivity index (χ1) is 11.3. The third kappa shape index (κ3) is 3.17. The van der Waals surface area contributed by atoms with Gasteiger partial charge in [-0.15, -0.1) is 0 Å². The molecule has 4 nitrogen and oxygen atoms in total. The summed E-state index contributed by atoms with van der Waals surface area (Å²) in [6, 6.07) is 9.41. The van der Waals surface area contributed by atoms with Crippen LogP contribution < -0.4 is 4.90 Å². The van der Waals surface area contributed by atoms with Gasteiger partial charge in [-0.1, -0.05) is 23.7 Å². The lowest BCUT2D eigenvalue weighted by Crippen LogP contribution is -2.50. The van der Waals surface area contributed by atoms with Crippen LogP contribution in [0.25, 0.3) is 11.3 Å². The molecule has 1 aromatic heterocycles. The van der Waals surface area contributed by atoms with Gasteiger partial charge in [-0.3, -0.25) is 4.79 Å². The smallest absolute Gasteiger partial charge is 0.434 e. The average molecular weight is 357 g/mol. The molecule has 2 aromatic rings. The lowest BCUT2D eigenvalue weighted by Gasteiger charge is -2.38. The molecule has 1 saturated heterocycles. The number of nitrogens with zero attached hydrogens (tertiary/aromatic N) is 2. The molecule has 1 aliphatic heterocycles. The SMILES string of the molecule is O=C(O)C1CN(c2cccc(-c3ccc(Cl)c(C(F)(F)F)n3)c2)C1. The lowest BCUT2D eigenvalue weighted by molar-refractivity contribution is -0.142. The number of carbonyl (C=O) groups is 1. The van der Waals surface area contributed by atoms with Crippen molar-refractivity contribution >= 4 is 23.3 Å². The van der Waals surface area contributed by atoms with E-state index in [2.05, 4.69) is 4.98 Å². The van der Waals surface area contributed by atoms with Crippen LogP contribution in [0.1, 0.15) is 5.69 Å². The topological polar surface area (TPSA) is 53.4 Å². The van der Waals surface area contributed by atoms with E-state index < -0.39 is 28.8 Å². The lowest BCUT2D eigenvalue weighted by atomic mass is 9.98. The van der Waals surface area contributed by atoms with Gasteiger partial charge in [-0.2, -0.15) is 13.2 Å². The number of pyridine rings is 1. The van der Waals surface area contributed by atoms with Gasteiger partial charge in [0.25, 0.3) is 0 Å². The molecule has 3 rings (SSSR count). The monoisotopic (exact) mass is 356 g/mol. The minimum absolute atomic E-state index is 0.156. The summed E-state index contributed by atoms with van der Waals surface area (Å²) in [6.07, 6.45) is -4.63. The summed E-state index contributed by atoms with van der Waals surface area (Å²) in [5.74, 6) is -1.27. The standard InChI is InChI=1S/C16H12ClF3N2O2/c17-12-4-5-13(21-14(12)16(18,19)20)9-2-1-3-11(6-9)22-7-10(8-22)15(23)24/h1-6,10H,7-8H2,(H,23,24). The summed E-state index contributed by atoms with van der Waals surface area (Å²) in [4.78, 5) is 16.3. The molecule has 0 saturated carbocycles. The Kier molecular flexibility index (Phi) is 4.13. The summed E-state index contributed by atoms with van der Waals surface area (Å²) in [7, 11) is 0. The number of carboxylic acids is 1. The van der Waals surface area contributed by atoms with Crippen molar-refractivity contribution in [3.63, 3.8) is 0 Å². The highest BCUT2D eigenvalue weighted by Gasteiger charge is 2.36. The first-order valence-corrected chi connectivity index (χ1v) is 7.45. The molecule has 126 valence electrons. The van der Waals surface area contributed by atoms with Crippen LogP contribution in [0.4, 0.5) is 18.9 Å². The van der Waals surface area contributed by atoms with Gasteiger partial charge in [0.1, 0.15) is 0 Å². The molecule has 0 spiro atoms. The molecule has 1 fully saturated rings. The molecule has 1 aromatic carbocycles. The van der Waals surface area contributed by atoms with E-state index in [1.807, 2.05) is 4.90 Å². The average Bonchev–Trinajstić information content (AvgIpc) is 2.45. The molecule has 0 amide bonds. The van der Waals surface area contributed by atoms with Crippen molar-refractivity contribution in [3.05, 3.63) is 47.1 Å². The van der Waals surface area contributed by atoms with Crippen LogP contribution in [-0.2, 0) is 11.0 Å². The molecule has 0 bridgehead atoms. The molecule has 0 aliphatic carbocycles. The van der Waals surface area contributed by atoms with Crippen molar-refractivity contribution in [3.8, 4) is 11.3 Å². The second-order valence-corrected chi connectivity index (χ2v) is 5.92. The Labute approximate surface area is 140 Å². The van der Waals surface area contributed by atoms with Crippen LogP contribution in [0.3, 0.4) is 0 Å². The van der Waals surface area contributed by atoms with Gasteiger partial charge in [-0.25, -0.2) is 4.98 Å². The van der Waals surface area contributed by atoms with Gasteiger partial charge in [-0.05, 0) is 24.3 Å². The number of carboxylic acid groups (broad SMARTS) is 1.